The first-order chi connectivity index (χ1) is 10.8. The molecule has 0 N–H and O–H groups in total. The SMILES string of the molecule is Cc1ccc2c(ccc3ccccc32)c1-c1cncc[n+]1C. The maximum atomic E-state index is 4.31. The number of hydrogen-bond donors (Lipinski definition) is 0. The summed E-state index contributed by atoms with van der Waals surface area (Å²) >= 11 is 0. The third kappa shape index (κ3) is 1.88. The highest BCUT2D eigenvalue weighted by atomic mass is 14.9. The Kier molecular flexibility index (Phi) is 2.90. The van der Waals surface area contributed by atoms with Gasteiger partial charge in [-0.25, -0.2) is 0 Å². The molecule has 22 heavy (non-hydrogen) atoms. The Morgan fingerprint density at radius 2 is 1.68 bits per heavy atom. The number of nitrogens with zero attached hydrogens (tertiary/aromatic N) is 2. The molecule has 0 fully saturated rings. The van der Waals surface area contributed by atoms with Crippen molar-refractivity contribution in [2.75, 3.05) is 0 Å². The summed E-state index contributed by atoms with van der Waals surface area (Å²) in [6.07, 6.45) is 5.75. The zero-order chi connectivity index (χ0) is 15.1. The second kappa shape index (κ2) is 4.92. The molecule has 4 aromatic rings. The van der Waals surface area contributed by atoms with E-state index in [4.69, 9.17) is 0 Å². The molecule has 0 spiro atoms. The molecular weight excluding hydrogens is 268 g/mol. The van der Waals surface area contributed by atoms with E-state index in [1.54, 1.807) is 0 Å². The zero-order valence-electron chi connectivity index (χ0n) is 12.7. The summed E-state index contributed by atoms with van der Waals surface area (Å²) in [7, 11) is 2.07. The van der Waals surface area contributed by atoms with E-state index in [1.165, 1.54) is 32.7 Å². The number of benzene rings is 3. The highest BCUT2D eigenvalue weighted by Crippen LogP contribution is 2.33. The molecule has 0 radical (unpaired) electrons. The van der Waals surface area contributed by atoms with E-state index in [9.17, 15) is 0 Å². The van der Waals surface area contributed by atoms with E-state index in [0.717, 1.165) is 5.69 Å². The molecule has 106 valence electrons. The fourth-order valence-corrected chi connectivity index (χ4v) is 3.20. The molecule has 0 aliphatic carbocycles. The van der Waals surface area contributed by atoms with Gasteiger partial charge in [-0.1, -0.05) is 48.5 Å². The topological polar surface area (TPSA) is 16.8 Å². The third-order valence-corrected chi connectivity index (χ3v) is 4.34. The van der Waals surface area contributed by atoms with E-state index >= 15 is 0 Å². The Hall–Kier alpha value is -2.74. The van der Waals surface area contributed by atoms with Crippen LogP contribution in [0.2, 0.25) is 0 Å². The summed E-state index contributed by atoms with van der Waals surface area (Å²) in [6, 6.07) is 17.4. The predicted molar refractivity (Wildman–Crippen MR) is 90.6 cm³/mol. The van der Waals surface area contributed by atoms with Crippen molar-refractivity contribution in [2.45, 2.75) is 6.92 Å². The van der Waals surface area contributed by atoms with Gasteiger partial charge in [-0.05, 0) is 34.0 Å². The van der Waals surface area contributed by atoms with Crippen molar-refractivity contribution in [3.63, 3.8) is 0 Å². The molecule has 0 saturated heterocycles. The van der Waals surface area contributed by atoms with E-state index < -0.39 is 0 Å². The maximum absolute atomic E-state index is 4.31. The van der Waals surface area contributed by atoms with E-state index in [1.807, 2.05) is 18.6 Å². The van der Waals surface area contributed by atoms with Crippen LogP contribution in [-0.4, -0.2) is 4.98 Å². The van der Waals surface area contributed by atoms with Crippen LogP contribution in [0.25, 0.3) is 32.8 Å². The van der Waals surface area contributed by atoms with Crippen molar-refractivity contribution in [3.8, 4) is 11.3 Å². The molecule has 0 atom stereocenters. The summed E-state index contributed by atoms with van der Waals surface area (Å²) in [4.78, 5) is 4.31. The minimum atomic E-state index is 1.14. The fourth-order valence-electron chi connectivity index (χ4n) is 3.20. The van der Waals surface area contributed by atoms with Crippen LogP contribution < -0.4 is 4.57 Å². The summed E-state index contributed by atoms with van der Waals surface area (Å²) < 4.78 is 2.13. The number of rotatable bonds is 1. The van der Waals surface area contributed by atoms with Crippen LogP contribution >= 0.6 is 0 Å². The molecule has 0 aliphatic rings. The van der Waals surface area contributed by atoms with Crippen LogP contribution in [0.4, 0.5) is 0 Å². The normalized spacial score (nSPS) is 11.2. The van der Waals surface area contributed by atoms with Crippen molar-refractivity contribution in [2.24, 2.45) is 7.05 Å². The first-order valence-corrected chi connectivity index (χ1v) is 7.47. The first-order valence-electron chi connectivity index (χ1n) is 7.47. The van der Waals surface area contributed by atoms with Crippen LogP contribution in [-0.2, 0) is 7.05 Å². The van der Waals surface area contributed by atoms with Gasteiger partial charge in [-0.15, -0.1) is 0 Å². The average Bonchev–Trinajstić information content (AvgIpc) is 2.55. The molecule has 4 rings (SSSR count). The Bertz CT molecular complexity index is 1000. The summed E-state index contributed by atoms with van der Waals surface area (Å²) in [5.41, 5.74) is 3.67. The number of fused-ring (bicyclic) bond motifs is 3. The molecule has 0 bridgehead atoms. The van der Waals surface area contributed by atoms with Crippen LogP contribution in [0.5, 0.6) is 0 Å². The van der Waals surface area contributed by atoms with Gasteiger partial charge in [-0.3, -0.25) is 4.98 Å². The van der Waals surface area contributed by atoms with Gasteiger partial charge < -0.3 is 0 Å². The monoisotopic (exact) mass is 285 g/mol. The molecule has 2 heteroatoms. The fraction of sp³-hybridized carbons (Fsp3) is 0.100. The van der Waals surface area contributed by atoms with Crippen LogP contribution in [0.1, 0.15) is 5.56 Å². The van der Waals surface area contributed by atoms with Gasteiger partial charge in [0.15, 0.2) is 6.20 Å². The molecule has 0 aliphatic heterocycles. The Morgan fingerprint density at radius 1 is 0.864 bits per heavy atom. The van der Waals surface area contributed by atoms with Gasteiger partial charge in [0.05, 0.1) is 18.0 Å². The highest BCUT2D eigenvalue weighted by molar-refractivity contribution is 6.12. The maximum Gasteiger partial charge on any atom is 0.231 e. The summed E-state index contributed by atoms with van der Waals surface area (Å²) in [5, 5.41) is 5.15. The molecular formula is C20H17N2+. The van der Waals surface area contributed by atoms with Crippen LogP contribution in [0.3, 0.4) is 0 Å². The van der Waals surface area contributed by atoms with E-state index in [0.29, 0.717) is 0 Å². The van der Waals surface area contributed by atoms with Crippen molar-refractivity contribution in [3.05, 3.63) is 72.7 Å². The molecule has 0 unspecified atom stereocenters. The van der Waals surface area contributed by atoms with Crippen molar-refractivity contribution in [1.29, 1.82) is 0 Å². The summed E-state index contributed by atoms with van der Waals surface area (Å²) in [5.74, 6) is 0. The van der Waals surface area contributed by atoms with E-state index in [2.05, 4.69) is 72.1 Å². The minimum Gasteiger partial charge on any atom is -0.252 e. The standard InChI is InChI=1S/C20H17N2/c1-14-7-9-17-16-6-4-3-5-15(16)8-10-18(17)20(14)19-13-21-11-12-22(19)2/h3-13H,1-2H3/q+1. The molecule has 2 nitrogen and oxygen atoms in total. The van der Waals surface area contributed by atoms with E-state index in [-0.39, 0.29) is 0 Å². The smallest absolute Gasteiger partial charge is 0.231 e. The molecule has 0 amide bonds. The zero-order valence-corrected chi connectivity index (χ0v) is 12.7. The number of aromatic nitrogens is 2. The van der Waals surface area contributed by atoms with Gasteiger partial charge >= 0.3 is 0 Å². The lowest BCUT2D eigenvalue weighted by atomic mass is 9.94. The van der Waals surface area contributed by atoms with Crippen molar-refractivity contribution >= 4 is 21.5 Å². The molecule has 1 heterocycles. The second-order valence-corrected chi connectivity index (χ2v) is 5.71. The second-order valence-electron chi connectivity index (χ2n) is 5.71. The third-order valence-electron chi connectivity index (χ3n) is 4.34. The van der Waals surface area contributed by atoms with Crippen molar-refractivity contribution < 1.29 is 4.57 Å². The number of aryl methyl sites for hydroxylation is 2. The number of hydrogen-bond acceptors (Lipinski definition) is 1. The van der Waals surface area contributed by atoms with Gasteiger partial charge in [0.1, 0.15) is 7.05 Å². The van der Waals surface area contributed by atoms with Gasteiger partial charge in [0.25, 0.3) is 0 Å². The highest BCUT2D eigenvalue weighted by Gasteiger charge is 2.16. The lowest BCUT2D eigenvalue weighted by Crippen LogP contribution is -2.30. The average molecular weight is 285 g/mol. The Labute approximate surface area is 129 Å². The lowest BCUT2D eigenvalue weighted by Gasteiger charge is -2.10. The Balaban J connectivity index is 2.17. The predicted octanol–water partition coefficient (Wildman–Crippen LogP) is 4.19. The van der Waals surface area contributed by atoms with Crippen LogP contribution in [0.15, 0.2) is 67.1 Å². The molecule has 3 aromatic carbocycles. The minimum absolute atomic E-state index is 1.14. The molecule has 1 aromatic heterocycles. The first kappa shape index (κ1) is 13.0. The van der Waals surface area contributed by atoms with Crippen molar-refractivity contribution in [1.82, 2.24) is 4.98 Å². The largest absolute Gasteiger partial charge is 0.252 e. The Morgan fingerprint density at radius 3 is 2.55 bits per heavy atom. The van der Waals surface area contributed by atoms with Gasteiger partial charge in [0.2, 0.25) is 5.69 Å². The molecule has 0 saturated carbocycles. The quantitative estimate of drug-likeness (QED) is 0.378. The van der Waals surface area contributed by atoms with Gasteiger partial charge in [-0.2, -0.15) is 4.57 Å². The van der Waals surface area contributed by atoms with Gasteiger partial charge in [0, 0.05) is 0 Å². The summed E-state index contributed by atoms with van der Waals surface area (Å²) in [6.45, 7) is 2.16. The van der Waals surface area contributed by atoms with Crippen LogP contribution in [0, 0.1) is 6.92 Å². The lowest BCUT2D eigenvalue weighted by molar-refractivity contribution is -0.660.